The van der Waals surface area contributed by atoms with Crippen molar-refractivity contribution in [3.63, 3.8) is 0 Å². The summed E-state index contributed by atoms with van der Waals surface area (Å²) in [6.45, 7) is 3.02. The molecule has 2 aromatic rings. The van der Waals surface area contributed by atoms with Crippen LogP contribution in [0.5, 0.6) is 5.75 Å². The third-order valence-electron chi connectivity index (χ3n) is 7.04. The number of fused-ring (bicyclic) bond motifs is 1. The molecular formula is C24H30N4O3. The highest BCUT2D eigenvalue weighted by atomic mass is 16.5. The van der Waals surface area contributed by atoms with Crippen molar-refractivity contribution in [2.24, 2.45) is 5.92 Å². The number of carbonyl (C=O) groups excluding carboxylic acids is 1. The van der Waals surface area contributed by atoms with E-state index in [4.69, 9.17) is 9.72 Å². The second-order valence-corrected chi connectivity index (χ2v) is 9.00. The Kier molecular flexibility index (Phi) is 5.52. The standard InChI is InChI=1S/C24H30N4O3/c1-31-18-9-7-16(8-10-18)14-27-13-11-20-19(15-27)23(29)26-22(25-20)21-6-3-12-28(21)24(30)17-4-2-5-17/h7-10,17,21H,2-6,11-15H2,1H3,(H,25,26,29). The summed E-state index contributed by atoms with van der Waals surface area (Å²) in [4.78, 5) is 37.9. The van der Waals surface area contributed by atoms with Crippen LogP contribution in [0.2, 0.25) is 0 Å². The molecule has 1 N–H and O–H groups in total. The Bertz CT molecular complexity index is 1010. The SMILES string of the molecule is COc1ccc(CN2CCc3nc(C4CCCN4C(=O)C4CCC4)[nH]c(=O)c3C2)cc1. The third kappa shape index (κ3) is 3.99. The Hall–Kier alpha value is -2.67. The second kappa shape index (κ2) is 8.46. The summed E-state index contributed by atoms with van der Waals surface area (Å²) in [7, 11) is 1.66. The lowest BCUT2D eigenvalue weighted by Crippen LogP contribution is -2.40. The molecule has 0 spiro atoms. The number of nitrogens with one attached hydrogen (secondary N) is 1. The highest BCUT2D eigenvalue weighted by Crippen LogP contribution is 2.36. The van der Waals surface area contributed by atoms with Gasteiger partial charge in [-0.15, -0.1) is 0 Å². The molecule has 0 radical (unpaired) electrons. The van der Waals surface area contributed by atoms with Crippen LogP contribution < -0.4 is 10.3 Å². The van der Waals surface area contributed by atoms with E-state index >= 15 is 0 Å². The van der Waals surface area contributed by atoms with Gasteiger partial charge in [0.1, 0.15) is 11.6 Å². The van der Waals surface area contributed by atoms with E-state index in [-0.39, 0.29) is 23.4 Å². The van der Waals surface area contributed by atoms with E-state index in [1.165, 1.54) is 5.56 Å². The molecule has 3 heterocycles. The molecule has 1 aliphatic carbocycles. The predicted molar refractivity (Wildman–Crippen MR) is 117 cm³/mol. The molecule has 1 amide bonds. The van der Waals surface area contributed by atoms with Crippen LogP contribution in [0.3, 0.4) is 0 Å². The minimum absolute atomic E-state index is 0.0534. The Morgan fingerprint density at radius 3 is 2.68 bits per heavy atom. The van der Waals surface area contributed by atoms with Gasteiger partial charge in [-0.25, -0.2) is 4.98 Å². The molecule has 5 rings (SSSR count). The summed E-state index contributed by atoms with van der Waals surface area (Å²) in [5, 5.41) is 0. The van der Waals surface area contributed by atoms with Crippen molar-refractivity contribution in [3.8, 4) is 5.75 Å². The van der Waals surface area contributed by atoms with Crippen molar-refractivity contribution >= 4 is 5.91 Å². The fourth-order valence-electron chi connectivity index (χ4n) is 4.99. The lowest BCUT2D eigenvalue weighted by Gasteiger charge is -2.33. The van der Waals surface area contributed by atoms with Crippen LogP contribution in [0, 0.1) is 5.92 Å². The summed E-state index contributed by atoms with van der Waals surface area (Å²) in [5.41, 5.74) is 2.80. The van der Waals surface area contributed by atoms with E-state index in [1.807, 2.05) is 17.0 Å². The molecule has 31 heavy (non-hydrogen) atoms. The normalized spacial score (nSPS) is 21.6. The topological polar surface area (TPSA) is 78.5 Å². The summed E-state index contributed by atoms with van der Waals surface area (Å²) < 4.78 is 5.23. The smallest absolute Gasteiger partial charge is 0.255 e. The van der Waals surface area contributed by atoms with Gasteiger partial charge in [-0.3, -0.25) is 14.5 Å². The van der Waals surface area contributed by atoms with Crippen molar-refractivity contribution in [1.29, 1.82) is 0 Å². The second-order valence-electron chi connectivity index (χ2n) is 9.00. The Labute approximate surface area is 182 Å². The molecule has 2 aliphatic heterocycles. The van der Waals surface area contributed by atoms with Gasteiger partial charge in [-0.1, -0.05) is 18.6 Å². The first-order chi connectivity index (χ1) is 15.1. The van der Waals surface area contributed by atoms with Gasteiger partial charge >= 0.3 is 0 Å². The lowest BCUT2D eigenvalue weighted by atomic mass is 9.84. The van der Waals surface area contributed by atoms with Gasteiger partial charge in [0.2, 0.25) is 5.91 Å². The number of benzene rings is 1. The first-order valence-electron chi connectivity index (χ1n) is 11.4. The number of aromatic nitrogens is 2. The number of ether oxygens (including phenoxy) is 1. The van der Waals surface area contributed by atoms with E-state index in [2.05, 4.69) is 22.0 Å². The van der Waals surface area contributed by atoms with Gasteiger partial charge < -0.3 is 14.6 Å². The largest absolute Gasteiger partial charge is 0.497 e. The van der Waals surface area contributed by atoms with Crippen molar-refractivity contribution in [1.82, 2.24) is 19.8 Å². The van der Waals surface area contributed by atoms with Gasteiger partial charge in [0, 0.05) is 38.5 Å². The van der Waals surface area contributed by atoms with Crippen LogP contribution in [0.15, 0.2) is 29.1 Å². The van der Waals surface area contributed by atoms with Crippen LogP contribution in [-0.2, 0) is 24.3 Å². The van der Waals surface area contributed by atoms with E-state index in [1.54, 1.807) is 7.11 Å². The van der Waals surface area contributed by atoms with Gasteiger partial charge in [0.25, 0.3) is 5.56 Å². The summed E-state index contributed by atoms with van der Waals surface area (Å²) in [5.74, 6) is 1.95. The Morgan fingerprint density at radius 1 is 1.16 bits per heavy atom. The number of nitrogens with zero attached hydrogens (tertiary/aromatic N) is 3. The van der Waals surface area contributed by atoms with E-state index in [0.717, 1.165) is 75.2 Å². The molecular weight excluding hydrogens is 392 g/mol. The number of H-pyrrole nitrogens is 1. The Balaban J connectivity index is 1.31. The maximum atomic E-state index is 13.0. The van der Waals surface area contributed by atoms with Crippen LogP contribution in [0.1, 0.15) is 60.8 Å². The van der Waals surface area contributed by atoms with Gasteiger partial charge in [0.05, 0.1) is 24.4 Å². The highest BCUT2D eigenvalue weighted by molar-refractivity contribution is 5.80. The van der Waals surface area contributed by atoms with Crippen molar-refractivity contribution < 1.29 is 9.53 Å². The highest BCUT2D eigenvalue weighted by Gasteiger charge is 2.37. The van der Waals surface area contributed by atoms with E-state index in [0.29, 0.717) is 12.4 Å². The zero-order valence-corrected chi connectivity index (χ0v) is 18.1. The minimum Gasteiger partial charge on any atom is -0.497 e. The van der Waals surface area contributed by atoms with Crippen LogP contribution in [-0.4, -0.2) is 45.9 Å². The minimum atomic E-state index is -0.0802. The number of hydrogen-bond acceptors (Lipinski definition) is 5. The summed E-state index contributed by atoms with van der Waals surface area (Å²) >= 11 is 0. The van der Waals surface area contributed by atoms with Gasteiger partial charge in [-0.05, 0) is 43.4 Å². The lowest BCUT2D eigenvalue weighted by molar-refractivity contribution is -0.139. The number of hydrogen-bond donors (Lipinski definition) is 1. The van der Waals surface area contributed by atoms with Crippen LogP contribution >= 0.6 is 0 Å². The van der Waals surface area contributed by atoms with E-state index < -0.39 is 0 Å². The fraction of sp³-hybridized carbons (Fsp3) is 0.542. The number of amides is 1. The quantitative estimate of drug-likeness (QED) is 0.802. The zero-order valence-electron chi connectivity index (χ0n) is 18.1. The molecule has 7 nitrogen and oxygen atoms in total. The first-order valence-corrected chi connectivity index (χ1v) is 11.4. The molecule has 164 valence electrons. The average Bonchev–Trinajstić information content (AvgIpc) is 3.23. The molecule has 1 aromatic heterocycles. The maximum absolute atomic E-state index is 13.0. The number of methoxy groups -OCH3 is 1. The molecule has 3 aliphatic rings. The number of carbonyl (C=O) groups is 1. The van der Waals surface area contributed by atoms with E-state index in [9.17, 15) is 9.59 Å². The van der Waals surface area contributed by atoms with Crippen LogP contribution in [0.25, 0.3) is 0 Å². The van der Waals surface area contributed by atoms with Crippen LogP contribution in [0.4, 0.5) is 0 Å². The Morgan fingerprint density at radius 2 is 1.97 bits per heavy atom. The molecule has 1 aromatic carbocycles. The van der Waals surface area contributed by atoms with Crippen molar-refractivity contribution in [2.45, 2.75) is 57.7 Å². The third-order valence-corrected chi connectivity index (χ3v) is 7.04. The van der Waals surface area contributed by atoms with Gasteiger partial charge in [0.15, 0.2) is 0 Å². The average molecular weight is 423 g/mol. The fourth-order valence-corrected chi connectivity index (χ4v) is 4.99. The molecule has 1 saturated carbocycles. The number of aromatic amines is 1. The predicted octanol–water partition coefficient (Wildman–Crippen LogP) is 2.80. The van der Waals surface area contributed by atoms with Crippen molar-refractivity contribution in [2.75, 3.05) is 20.2 Å². The molecule has 2 fully saturated rings. The first kappa shape index (κ1) is 20.2. The molecule has 1 unspecified atom stereocenters. The molecule has 1 atom stereocenters. The summed E-state index contributed by atoms with van der Waals surface area (Å²) in [6.07, 6.45) is 5.76. The number of likely N-dealkylation sites (tertiary alicyclic amines) is 1. The maximum Gasteiger partial charge on any atom is 0.255 e. The summed E-state index contributed by atoms with van der Waals surface area (Å²) in [6, 6.07) is 7.98. The number of rotatable bonds is 5. The van der Waals surface area contributed by atoms with Gasteiger partial charge in [-0.2, -0.15) is 0 Å². The monoisotopic (exact) mass is 422 g/mol. The molecule has 1 saturated heterocycles. The molecule has 7 heteroatoms. The van der Waals surface area contributed by atoms with Crippen molar-refractivity contribution in [3.05, 3.63) is 57.3 Å². The zero-order chi connectivity index (χ0) is 21.4. The molecule has 0 bridgehead atoms.